The summed E-state index contributed by atoms with van der Waals surface area (Å²) in [6, 6.07) is 47.7. The fraction of sp³-hybridized carbons (Fsp3) is 0.0500. The zero-order chi connectivity index (χ0) is 27.2. The predicted molar refractivity (Wildman–Crippen MR) is 173 cm³/mol. The lowest BCUT2D eigenvalue weighted by Gasteiger charge is -2.24. The first kappa shape index (κ1) is 23.7. The molecule has 0 atom stereocenters. The van der Waals surface area contributed by atoms with Gasteiger partial charge in [0, 0.05) is 10.9 Å². The second-order valence-electron chi connectivity index (χ2n) is 10.8. The normalized spacial score (nSPS) is 12.6. The molecule has 1 aliphatic rings. The highest BCUT2D eigenvalue weighted by molar-refractivity contribution is 6.10. The second-order valence-corrected chi connectivity index (χ2v) is 10.8. The molecule has 1 aliphatic carbocycles. The van der Waals surface area contributed by atoms with Crippen molar-refractivity contribution in [3.63, 3.8) is 0 Å². The molecular formula is C40H28O. The lowest BCUT2D eigenvalue weighted by atomic mass is 9.80. The number of fused-ring (bicyclic) bond motifs is 3. The molecule has 0 fully saturated rings. The van der Waals surface area contributed by atoms with Gasteiger partial charge < -0.3 is 4.42 Å². The van der Waals surface area contributed by atoms with Crippen LogP contribution in [0.3, 0.4) is 0 Å². The van der Waals surface area contributed by atoms with Crippen LogP contribution in [-0.2, 0) is 6.42 Å². The third-order valence-corrected chi connectivity index (χ3v) is 8.35. The molecule has 0 saturated carbocycles. The van der Waals surface area contributed by atoms with Crippen LogP contribution in [0.2, 0.25) is 0 Å². The van der Waals surface area contributed by atoms with Crippen molar-refractivity contribution in [1.29, 1.82) is 0 Å². The Balaban J connectivity index is 1.34. The largest absolute Gasteiger partial charge is 0.456 e. The first-order chi connectivity index (χ1) is 20.3. The summed E-state index contributed by atoms with van der Waals surface area (Å²) in [5.41, 5.74) is 12.4. The zero-order valence-electron chi connectivity index (χ0n) is 22.7. The van der Waals surface area contributed by atoms with Crippen LogP contribution in [0.15, 0.2) is 144 Å². The molecule has 1 heterocycles. The van der Waals surface area contributed by atoms with Gasteiger partial charge in [0.25, 0.3) is 0 Å². The van der Waals surface area contributed by atoms with Gasteiger partial charge in [0.2, 0.25) is 0 Å². The van der Waals surface area contributed by atoms with Crippen LogP contribution in [0.4, 0.5) is 0 Å². The molecule has 0 bridgehead atoms. The molecule has 0 saturated heterocycles. The first-order valence-corrected chi connectivity index (χ1v) is 14.3. The van der Waals surface area contributed by atoms with E-state index in [-0.39, 0.29) is 0 Å². The summed E-state index contributed by atoms with van der Waals surface area (Å²) in [7, 11) is 0. The highest BCUT2D eigenvalue weighted by Gasteiger charge is 2.22. The van der Waals surface area contributed by atoms with Gasteiger partial charge in [0.05, 0.1) is 0 Å². The monoisotopic (exact) mass is 524 g/mol. The third kappa shape index (κ3) is 4.01. The molecule has 1 heteroatoms. The molecule has 194 valence electrons. The number of allylic oxidation sites excluding steroid dienone is 1. The van der Waals surface area contributed by atoms with Crippen LogP contribution in [0.25, 0.3) is 72.5 Å². The highest BCUT2D eigenvalue weighted by Crippen LogP contribution is 2.45. The smallest absolute Gasteiger partial charge is 0.135 e. The Bertz CT molecular complexity index is 2080. The van der Waals surface area contributed by atoms with E-state index in [1.807, 2.05) is 6.07 Å². The summed E-state index contributed by atoms with van der Waals surface area (Å²) < 4.78 is 6.31. The van der Waals surface area contributed by atoms with Crippen molar-refractivity contribution >= 4 is 27.8 Å². The van der Waals surface area contributed by atoms with Gasteiger partial charge in [-0.2, -0.15) is 0 Å². The van der Waals surface area contributed by atoms with E-state index in [0.717, 1.165) is 35.1 Å². The van der Waals surface area contributed by atoms with Gasteiger partial charge in [0.15, 0.2) is 0 Å². The number of hydrogen-bond acceptors (Lipinski definition) is 1. The summed E-state index contributed by atoms with van der Waals surface area (Å²) >= 11 is 0. The van der Waals surface area contributed by atoms with Crippen molar-refractivity contribution < 1.29 is 4.42 Å². The Morgan fingerprint density at radius 2 is 1.15 bits per heavy atom. The SMILES string of the molecule is C1=Cc2c(c(-c3ccccc3)c3ccccc3c2-c2cccc(-c3cccc4oc(-c5ccccc5)cc34)c2)CC1. The third-order valence-electron chi connectivity index (χ3n) is 8.35. The molecule has 6 aromatic carbocycles. The average molecular weight is 525 g/mol. The van der Waals surface area contributed by atoms with Crippen LogP contribution in [0.1, 0.15) is 17.5 Å². The second kappa shape index (κ2) is 9.80. The van der Waals surface area contributed by atoms with E-state index in [1.54, 1.807) is 0 Å². The quantitative estimate of drug-likeness (QED) is 0.223. The Morgan fingerprint density at radius 3 is 1.95 bits per heavy atom. The molecule has 1 nitrogen and oxygen atoms in total. The van der Waals surface area contributed by atoms with E-state index in [0.29, 0.717) is 0 Å². The van der Waals surface area contributed by atoms with Crippen molar-refractivity contribution in [3.05, 3.63) is 151 Å². The molecule has 0 radical (unpaired) electrons. The molecular weight excluding hydrogens is 496 g/mol. The zero-order valence-corrected chi connectivity index (χ0v) is 22.7. The number of furan rings is 1. The summed E-state index contributed by atoms with van der Waals surface area (Å²) in [5, 5.41) is 3.74. The van der Waals surface area contributed by atoms with Crippen LogP contribution in [0.5, 0.6) is 0 Å². The van der Waals surface area contributed by atoms with Gasteiger partial charge in [-0.15, -0.1) is 0 Å². The number of hydrogen-bond donors (Lipinski definition) is 0. The topological polar surface area (TPSA) is 13.1 Å². The number of rotatable bonds is 4. The molecule has 0 amide bonds. The van der Waals surface area contributed by atoms with Gasteiger partial charge in [-0.05, 0) is 86.3 Å². The summed E-state index contributed by atoms with van der Waals surface area (Å²) in [6.45, 7) is 0. The van der Waals surface area contributed by atoms with Crippen molar-refractivity contribution in [3.8, 4) is 44.7 Å². The average Bonchev–Trinajstić information content (AvgIpc) is 3.49. The minimum atomic E-state index is 0.894. The number of benzene rings is 6. The van der Waals surface area contributed by atoms with Crippen molar-refractivity contribution in [2.75, 3.05) is 0 Å². The van der Waals surface area contributed by atoms with Crippen molar-refractivity contribution in [1.82, 2.24) is 0 Å². The predicted octanol–water partition coefficient (Wildman–Crippen LogP) is 11.2. The molecule has 1 aromatic heterocycles. The van der Waals surface area contributed by atoms with E-state index >= 15 is 0 Å². The fourth-order valence-corrected chi connectivity index (χ4v) is 6.53. The van der Waals surface area contributed by atoms with E-state index in [2.05, 4.69) is 140 Å². The van der Waals surface area contributed by atoms with Gasteiger partial charge in [-0.1, -0.05) is 127 Å². The van der Waals surface area contributed by atoms with Crippen LogP contribution < -0.4 is 0 Å². The molecule has 7 aromatic rings. The Labute approximate surface area is 240 Å². The van der Waals surface area contributed by atoms with Crippen molar-refractivity contribution in [2.45, 2.75) is 12.8 Å². The van der Waals surface area contributed by atoms with E-state index in [4.69, 9.17) is 4.42 Å². The molecule has 0 aliphatic heterocycles. The fourth-order valence-electron chi connectivity index (χ4n) is 6.53. The Morgan fingerprint density at radius 1 is 0.488 bits per heavy atom. The molecule has 0 spiro atoms. The van der Waals surface area contributed by atoms with Crippen LogP contribution >= 0.6 is 0 Å². The molecule has 8 rings (SSSR count). The van der Waals surface area contributed by atoms with Crippen LogP contribution in [0, 0.1) is 0 Å². The lowest BCUT2D eigenvalue weighted by Crippen LogP contribution is -2.02. The van der Waals surface area contributed by atoms with E-state index in [9.17, 15) is 0 Å². The van der Waals surface area contributed by atoms with Crippen molar-refractivity contribution in [2.24, 2.45) is 0 Å². The minimum absolute atomic E-state index is 0.894. The lowest BCUT2D eigenvalue weighted by molar-refractivity contribution is 0.631. The van der Waals surface area contributed by atoms with E-state index in [1.165, 1.54) is 55.3 Å². The summed E-state index contributed by atoms with van der Waals surface area (Å²) in [5.74, 6) is 0.894. The van der Waals surface area contributed by atoms with E-state index < -0.39 is 0 Å². The Kier molecular flexibility index (Phi) is 5.67. The maximum Gasteiger partial charge on any atom is 0.135 e. The Hall–Kier alpha value is -5.14. The van der Waals surface area contributed by atoms with Crippen LogP contribution in [-0.4, -0.2) is 0 Å². The standard InChI is InChI=1S/C40H28O/c1-3-13-27(14-4-1)38-26-36-31(23-12-24-37(36)41-38)29-17-11-18-30(25-29)40-34-21-9-7-19-32(34)39(28-15-5-2-6-16-28)33-20-8-10-22-35(33)40/h1-7,9-19,21-26H,8,20H2. The summed E-state index contributed by atoms with van der Waals surface area (Å²) in [4.78, 5) is 0. The van der Waals surface area contributed by atoms with Gasteiger partial charge in [-0.25, -0.2) is 0 Å². The van der Waals surface area contributed by atoms with Gasteiger partial charge in [-0.3, -0.25) is 0 Å². The molecule has 0 N–H and O–H groups in total. The molecule has 41 heavy (non-hydrogen) atoms. The molecule has 0 unspecified atom stereocenters. The maximum absolute atomic E-state index is 6.31. The summed E-state index contributed by atoms with van der Waals surface area (Å²) in [6.07, 6.45) is 6.79. The van der Waals surface area contributed by atoms with Gasteiger partial charge in [0.1, 0.15) is 11.3 Å². The maximum atomic E-state index is 6.31. The highest BCUT2D eigenvalue weighted by atomic mass is 16.3. The minimum Gasteiger partial charge on any atom is -0.456 e. The first-order valence-electron chi connectivity index (χ1n) is 14.3. The van der Waals surface area contributed by atoms with Gasteiger partial charge >= 0.3 is 0 Å².